The molecule has 0 radical (unpaired) electrons. The van der Waals surface area contributed by atoms with Crippen molar-refractivity contribution in [1.82, 2.24) is 4.98 Å². The van der Waals surface area contributed by atoms with E-state index in [1.807, 2.05) is 31.2 Å². The van der Waals surface area contributed by atoms with Crippen molar-refractivity contribution in [3.05, 3.63) is 81.4 Å². The van der Waals surface area contributed by atoms with E-state index in [0.29, 0.717) is 27.5 Å². The van der Waals surface area contributed by atoms with E-state index in [-0.39, 0.29) is 11.3 Å². The van der Waals surface area contributed by atoms with Gasteiger partial charge in [0.2, 0.25) is 0 Å². The van der Waals surface area contributed by atoms with Crippen molar-refractivity contribution >= 4 is 23.7 Å². The molecule has 0 N–H and O–H groups in total. The summed E-state index contributed by atoms with van der Waals surface area (Å²) in [5.41, 5.74) is 3.12. The van der Waals surface area contributed by atoms with Gasteiger partial charge in [-0.3, -0.25) is 14.9 Å². The van der Waals surface area contributed by atoms with E-state index < -0.39 is 4.92 Å². The Bertz CT molecular complexity index is 1070. The topological polar surface area (TPSA) is 96.9 Å². The van der Waals surface area contributed by atoms with Crippen LogP contribution >= 0.6 is 11.8 Å². The molecule has 3 rings (SSSR count). The van der Waals surface area contributed by atoms with Crippen LogP contribution in [0.5, 0.6) is 0 Å². The van der Waals surface area contributed by atoms with Crippen LogP contribution in [-0.4, -0.2) is 16.2 Å². The molecule has 132 valence electrons. The second-order valence-electron chi connectivity index (χ2n) is 5.73. The normalized spacial score (nSPS) is 10.2. The number of carbonyl (C=O) groups is 1. The molecule has 0 saturated carbocycles. The highest BCUT2D eigenvalue weighted by molar-refractivity contribution is 7.99. The number of benzene rings is 2. The van der Waals surface area contributed by atoms with Crippen LogP contribution in [0.15, 0.2) is 64.5 Å². The van der Waals surface area contributed by atoms with Crippen LogP contribution in [-0.2, 0) is 0 Å². The minimum absolute atomic E-state index is 0.164. The van der Waals surface area contributed by atoms with Crippen molar-refractivity contribution in [1.29, 1.82) is 5.26 Å². The summed E-state index contributed by atoms with van der Waals surface area (Å²) in [4.78, 5) is 26.7. The van der Waals surface area contributed by atoms with Crippen LogP contribution < -0.4 is 0 Å². The number of carbonyl (C=O) groups excluding carboxylic acids is 1. The first-order valence-electron chi connectivity index (χ1n) is 7.91. The summed E-state index contributed by atoms with van der Waals surface area (Å²) in [7, 11) is 0. The summed E-state index contributed by atoms with van der Waals surface area (Å²) in [6.45, 7) is 1.99. The Hall–Kier alpha value is -3.50. The van der Waals surface area contributed by atoms with Gasteiger partial charge in [0.05, 0.1) is 16.2 Å². The van der Waals surface area contributed by atoms with Crippen molar-refractivity contribution in [2.45, 2.75) is 16.8 Å². The summed E-state index contributed by atoms with van der Waals surface area (Å²) in [5.74, 6) is 0. The van der Waals surface area contributed by atoms with Gasteiger partial charge in [-0.2, -0.15) is 5.26 Å². The first kappa shape index (κ1) is 18.3. The molecule has 0 fully saturated rings. The minimum Gasteiger partial charge on any atom is -0.298 e. The van der Waals surface area contributed by atoms with E-state index in [1.54, 1.807) is 12.1 Å². The van der Waals surface area contributed by atoms with Crippen LogP contribution in [0.25, 0.3) is 11.3 Å². The van der Waals surface area contributed by atoms with Crippen LogP contribution in [0.4, 0.5) is 5.69 Å². The Morgan fingerprint density at radius 2 is 1.89 bits per heavy atom. The van der Waals surface area contributed by atoms with Gasteiger partial charge >= 0.3 is 0 Å². The third-order valence-corrected chi connectivity index (χ3v) is 4.96. The molecule has 0 bridgehead atoms. The lowest BCUT2D eigenvalue weighted by Gasteiger charge is -2.08. The summed E-state index contributed by atoms with van der Waals surface area (Å²) in [5, 5.41) is 20.7. The van der Waals surface area contributed by atoms with Gasteiger partial charge in [-0.15, -0.1) is 0 Å². The van der Waals surface area contributed by atoms with Gasteiger partial charge in [-0.25, -0.2) is 4.98 Å². The van der Waals surface area contributed by atoms with Crippen LogP contribution in [0, 0.1) is 28.4 Å². The van der Waals surface area contributed by atoms with Crippen LogP contribution in [0.2, 0.25) is 0 Å². The lowest BCUT2D eigenvalue weighted by Crippen LogP contribution is -1.94. The number of aldehydes is 1. The number of hydrogen-bond acceptors (Lipinski definition) is 6. The Balaban J connectivity index is 2.02. The molecule has 0 saturated heterocycles. The molecule has 0 atom stereocenters. The second kappa shape index (κ2) is 7.81. The first-order valence-corrected chi connectivity index (χ1v) is 8.73. The van der Waals surface area contributed by atoms with E-state index in [2.05, 4.69) is 11.1 Å². The molecule has 0 unspecified atom stereocenters. The molecule has 2 aromatic carbocycles. The summed E-state index contributed by atoms with van der Waals surface area (Å²) >= 11 is 1.13. The van der Waals surface area contributed by atoms with Crippen molar-refractivity contribution in [3.63, 3.8) is 0 Å². The fourth-order valence-corrected chi connectivity index (χ4v) is 3.36. The molecule has 7 heteroatoms. The molecule has 0 aliphatic heterocycles. The molecule has 0 spiro atoms. The zero-order chi connectivity index (χ0) is 19.4. The zero-order valence-corrected chi connectivity index (χ0v) is 15.1. The zero-order valence-electron chi connectivity index (χ0n) is 14.2. The fourth-order valence-electron chi connectivity index (χ4n) is 2.43. The largest absolute Gasteiger partial charge is 0.298 e. The summed E-state index contributed by atoms with van der Waals surface area (Å²) in [6.07, 6.45) is 0.561. The lowest BCUT2D eigenvalue weighted by molar-refractivity contribution is -0.384. The van der Waals surface area contributed by atoms with Gasteiger partial charge in [0, 0.05) is 28.2 Å². The van der Waals surface area contributed by atoms with Gasteiger partial charge in [0.25, 0.3) is 5.69 Å². The van der Waals surface area contributed by atoms with E-state index in [0.717, 1.165) is 22.9 Å². The van der Waals surface area contributed by atoms with Crippen LogP contribution in [0.1, 0.15) is 21.5 Å². The molecular formula is C20H13N3O3S. The smallest absolute Gasteiger partial charge is 0.270 e. The maximum atomic E-state index is 11.3. The second-order valence-corrected chi connectivity index (χ2v) is 6.76. The van der Waals surface area contributed by atoms with Crippen molar-refractivity contribution in [2.24, 2.45) is 0 Å². The van der Waals surface area contributed by atoms with E-state index in [1.165, 1.54) is 18.2 Å². The SMILES string of the molecule is Cc1ccc(-c2ccc(C#N)c(Sc3ccc([N+](=O)[O-])cc3C=O)n2)cc1. The van der Waals surface area contributed by atoms with Crippen molar-refractivity contribution < 1.29 is 9.72 Å². The van der Waals surface area contributed by atoms with Crippen molar-refractivity contribution in [3.8, 4) is 17.3 Å². The van der Waals surface area contributed by atoms with Crippen LogP contribution in [0.3, 0.4) is 0 Å². The number of nitro groups is 1. The Labute approximate surface area is 159 Å². The highest BCUT2D eigenvalue weighted by atomic mass is 32.2. The molecule has 0 aliphatic carbocycles. The number of nitro benzene ring substituents is 1. The number of aromatic nitrogens is 1. The number of rotatable bonds is 5. The third kappa shape index (κ3) is 4.02. The summed E-state index contributed by atoms with van der Waals surface area (Å²) in [6, 6.07) is 17.4. The number of aryl methyl sites for hydroxylation is 1. The van der Waals surface area contributed by atoms with E-state index in [4.69, 9.17) is 0 Å². The minimum atomic E-state index is -0.557. The number of hydrogen-bond donors (Lipinski definition) is 0. The third-order valence-electron chi connectivity index (χ3n) is 3.87. The number of pyridine rings is 1. The number of nitriles is 1. The van der Waals surface area contributed by atoms with E-state index in [9.17, 15) is 20.2 Å². The van der Waals surface area contributed by atoms with Gasteiger partial charge < -0.3 is 0 Å². The number of nitrogens with zero attached hydrogens (tertiary/aromatic N) is 3. The van der Waals surface area contributed by atoms with Gasteiger partial charge in [-0.05, 0) is 25.1 Å². The maximum Gasteiger partial charge on any atom is 0.270 e. The lowest BCUT2D eigenvalue weighted by atomic mass is 10.1. The molecule has 27 heavy (non-hydrogen) atoms. The molecule has 1 heterocycles. The Kier molecular flexibility index (Phi) is 5.29. The molecular weight excluding hydrogens is 362 g/mol. The van der Waals surface area contributed by atoms with Gasteiger partial charge in [-0.1, -0.05) is 41.6 Å². The van der Waals surface area contributed by atoms with Gasteiger partial charge in [0.15, 0.2) is 6.29 Å². The van der Waals surface area contributed by atoms with E-state index >= 15 is 0 Å². The molecule has 0 amide bonds. The molecule has 3 aromatic rings. The quantitative estimate of drug-likeness (QED) is 0.361. The number of non-ortho nitro benzene ring substituents is 1. The molecule has 6 nitrogen and oxygen atoms in total. The average molecular weight is 375 g/mol. The monoisotopic (exact) mass is 375 g/mol. The molecule has 1 aromatic heterocycles. The van der Waals surface area contributed by atoms with Gasteiger partial charge in [0.1, 0.15) is 11.1 Å². The van der Waals surface area contributed by atoms with Crippen molar-refractivity contribution in [2.75, 3.05) is 0 Å². The predicted octanol–water partition coefficient (Wildman–Crippen LogP) is 4.80. The fraction of sp³-hybridized carbons (Fsp3) is 0.0500. The predicted molar refractivity (Wildman–Crippen MR) is 102 cm³/mol. The highest BCUT2D eigenvalue weighted by Crippen LogP contribution is 2.34. The Morgan fingerprint density at radius 1 is 1.15 bits per heavy atom. The standard InChI is InChI=1S/C20H13N3O3S/c1-13-2-4-14(5-3-13)18-8-6-15(11-21)20(22-18)27-19-9-7-17(23(25)26)10-16(19)12-24/h2-10,12H,1H3. The summed E-state index contributed by atoms with van der Waals surface area (Å²) < 4.78 is 0. The molecule has 0 aliphatic rings. The maximum absolute atomic E-state index is 11.3. The first-order chi connectivity index (χ1) is 13.0. The Morgan fingerprint density at radius 3 is 2.52 bits per heavy atom. The average Bonchev–Trinajstić information content (AvgIpc) is 2.68. The highest BCUT2D eigenvalue weighted by Gasteiger charge is 2.15.